The molecule has 16 heteroatoms. The highest BCUT2D eigenvalue weighted by atomic mass is 28.3. The van der Waals surface area contributed by atoms with Crippen LogP contribution in [0.1, 0.15) is 87.1 Å². The summed E-state index contributed by atoms with van der Waals surface area (Å²) in [5, 5.41) is 4.51. The first-order valence-corrected chi connectivity index (χ1v) is 24.6. The Morgan fingerprint density at radius 3 is 2.33 bits per heavy atom. The van der Waals surface area contributed by atoms with Crippen molar-refractivity contribution in [1.82, 2.24) is 29.5 Å². The number of hydrazine groups is 1. The fraction of sp³-hybridized carbons (Fsp3) is 0.521. The van der Waals surface area contributed by atoms with Gasteiger partial charge in [0.2, 0.25) is 5.95 Å². The Kier molecular flexibility index (Phi) is 13.7. The van der Waals surface area contributed by atoms with E-state index in [2.05, 4.69) is 62.9 Å². The van der Waals surface area contributed by atoms with Crippen molar-refractivity contribution < 1.29 is 32.5 Å². The van der Waals surface area contributed by atoms with Gasteiger partial charge in [0.25, 0.3) is 0 Å². The highest BCUT2D eigenvalue weighted by Crippen LogP contribution is 2.43. The van der Waals surface area contributed by atoms with Crippen LogP contribution in [0.5, 0.6) is 11.8 Å². The van der Waals surface area contributed by atoms with E-state index in [0.29, 0.717) is 59.3 Å². The minimum Gasteiger partial charge on any atom is -0.468 e. The van der Waals surface area contributed by atoms with Gasteiger partial charge >= 0.3 is 12.1 Å². The summed E-state index contributed by atoms with van der Waals surface area (Å²) >= 11 is 0. The molecule has 0 aliphatic carbocycles. The van der Waals surface area contributed by atoms with Crippen LogP contribution in [0.3, 0.4) is 0 Å². The molecule has 0 unspecified atom stereocenters. The van der Waals surface area contributed by atoms with Gasteiger partial charge in [0, 0.05) is 75.8 Å². The van der Waals surface area contributed by atoms with Crippen molar-refractivity contribution in [2.45, 2.75) is 104 Å². The Bertz CT molecular complexity index is 2540. The number of halogens is 2. The predicted molar refractivity (Wildman–Crippen MR) is 249 cm³/mol. The molecule has 2 aliphatic rings. The Labute approximate surface area is 376 Å². The number of carbonyl (C=O) groups is 1. The van der Waals surface area contributed by atoms with Crippen LogP contribution in [0.4, 0.5) is 25.3 Å². The minimum absolute atomic E-state index is 0.0561. The van der Waals surface area contributed by atoms with Crippen LogP contribution in [0.2, 0.25) is 16.6 Å². The predicted octanol–water partition coefficient (Wildman–Crippen LogP) is 10.1. The van der Waals surface area contributed by atoms with Crippen LogP contribution in [0, 0.1) is 29.0 Å². The molecule has 0 radical (unpaired) electrons. The largest absolute Gasteiger partial charge is 0.468 e. The summed E-state index contributed by atoms with van der Waals surface area (Å²) in [4.78, 5) is 34.8. The number of imidazole rings is 1. The summed E-state index contributed by atoms with van der Waals surface area (Å²) in [5.41, 5.74) is 4.09. The third-order valence-electron chi connectivity index (χ3n) is 12.4. The quantitative estimate of drug-likeness (QED) is 0.0676. The Morgan fingerprint density at radius 2 is 1.67 bits per heavy atom. The third kappa shape index (κ3) is 9.33. The number of amides is 1. The van der Waals surface area contributed by atoms with E-state index in [9.17, 15) is 4.79 Å². The van der Waals surface area contributed by atoms with E-state index in [0.717, 1.165) is 25.2 Å². The van der Waals surface area contributed by atoms with Gasteiger partial charge in [0.15, 0.2) is 18.4 Å². The smallest absolute Gasteiger partial charge is 0.429 e. The first-order valence-electron chi connectivity index (χ1n) is 22.3. The fourth-order valence-corrected chi connectivity index (χ4v) is 14.6. The highest BCUT2D eigenvalue weighted by Gasteiger charge is 2.42. The molecular formula is C48H62F2N8O5Si. The van der Waals surface area contributed by atoms with Gasteiger partial charge in [0.1, 0.15) is 36.5 Å². The van der Waals surface area contributed by atoms with E-state index in [1.807, 2.05) is 38.6 Å². The minimum atomic E-state index is -2.33. The van der Waals surface area contributed by atoms with Crippen molar-refractivity contribution >= 4 is 47.6 Å². The van der Waals surface area contributed by atoms with Crippen molar-refractivity contribution in [2.75, 3.05) is 56.6 Å². The number of benzene rings is 2. The van der Waals surface area contributed by atoms with Gasteiger partial charge in [-0.05, 0) is 80.2 Å². The molecule has 5 aromatic rings. The molecule has 13 nitrogen and oxygen atoms in total. The maximum Gasteiger partial charge on any atom is 0.429 e. The van der Waals surface area contributed by atoms with Crippen LogP contribution in [-0.4, -0.2) is 96.0 Å². The summed E-state index contributed by atoms with van der Waals surface area (Å²) < 4.78 is 59.5. The number of ether oxygens (including phenoxy) is 4. The standard InChI is InChI=1S/C48H62F2N8O5Si/c1-30(2)64(31(3)4,32(5)6)22-17-36-39(49)16-15-34-23-35(62-29-60-11)24-37(40(34)36)42-41(50)43-38(25-52-42)44(57-19-13-12-14-20-58(57)47(59)63-48(7,8)9)54-45(53-43)61-28-33-26-56(27-33)46-51-18-21-55(46)10/h15-16,18,21,23-25,30-33H,12-14,19-20,26-29H2,1-11H3. The summed E-state index contributed by atoms with van der Waals surface area (Å²) in [5.74, 6) is 3.66. The molecular weight excluding hydrogens is 835 g/mol. The number of hydrogen-bond donors (Lipinski definition) is 0. The van der Waals surface area contributed by atoms with Gasteiger partial charge in [0.05, 0.1) is 17.6 Å². The molecule has 64 heavy (non-hydrogen) atoms. The van der Waals surface area contributed by atoms with Gasteiger partial charge in [-0.15, -0.1) is 5.54 Å². The molecule has 0 saturated carbocycles. The topological polar surface area (TPSA) is 120 Å². The number of anilines is 2. The van der Waals surface area contributed by atoms with Crippen molar-refractivity contribution in [3.05, 3.63) is 60.1 Å². The van der Waals surface area contributed by atoms with Gasteiger partial charge in [-0.2, -0.15) is 9.97 Å². The highest BCUT2D eigenvalue weighted by molar-refractivity contribution is 6.90. The van der Waals surface area contributed by atoms with E-state index < -0.39 is 31.4 Å². The number of aromatic nitrogens is 5. The molecule has 0 N–H and O–H groups in total. The molecule has 2 fully saturated rings. The van der Waals surface area contributed by atoms with Crippen LogP contribution in [0.15, 0.2) is 42.9 Å². The molecule has 0 spiro atoms. The molecule has 3 aromatic heterocycles. The summed E-state index contributed by atoms with van der Waals surface area (Å²) in [7, 11) is 1.14. The number of hydrogen-bond acceptors (Lipinski definition) is 11. The van der Waals surface area contributed by atoms with Crippen molar-refractivity contribution in [3.8, 4) is 34.5 Å². The van der Waals surface area contributed by atoms with Crippen molar-refractivity contribution in [1.29, 1.82) is 0 Å². The second-order valence-corrected chi connectivity index (χ2v) is 24.5. The van der Waals surface area contributed by atoms with Crippen LogP contribution < -0.4 is 19.4 Å². The monoisotopic (exact) mass is 896 g/mol. The third-order valence-corrected chi connectivity index (χ3v) is 18.7. The van der Waals surface area contributed by atoms with Crippen LogP contribution >= 0.6 is 0 Å². The second kappa shape index (κ2) is 18.9. The average Bonchev–Trinajstić information content (AvgIpc) is 3.47. The van der Waals surface area contributed by atoms with E-state index in [1.54, 1.807) is 29.4 Å². The number of rotatable bonds is 12. The summed E-state index contributed by atoms with van der Waals surface area (Å²) in [6.45, 7) is 21.0. The lowest BCUT2D eigenvalue weighted by atomic mass is 9.95. The molecule has 7 rings (SSSR count). The maximum absolute atomic E-state index is 17.9. The zero-order chi connectivity index (χ0) is 46.1. The van der Waals surface area contributed by atoms with E-state index in [-0.39, 0.29) is 58.9 Å². The van der Waals surface area contributed by atoms with Crippen LogP contribution in [-0.2, 0) is 16.5 Å². The SMILES string of the molecule is COCOc1cc(-c2ncc3c(N4CCCCCN4C(=O)OC(C)(C)C)nc(OCC4CN(c5nccn5C)C4)nc3c2F)c2c(C#C[Si](C(C)C)(C(C)C)C(C)C)c(F)ccc2c1. The molecule has 0 atom stereocenters. The number of carbonyl (C=O) groups excluding carboxylic acids is 1. The van der Waals surface area contributed by atoms with Gasteiger partial charge in [-0.3, -0.25) is 9.99 Å². The zero-order valence-corrected chi connectivity index (χ0v) is 40.1. The molecule has 2 aromatic carbocycles. The summed E-state index contributed by atoms with van der Waals surface area (Å²) in [6, 6.07) is 6.39. The molecule has 5 heterocycles. The normalized spacial score (nSPS) is 15.2. The van der Waals surface area contributed by atoms with E-state index >= 15 is 8.78 Å². The first kappa shape index (κ1) is 46.5. The van der Waals surface area contributed by atoms with Crippen molar-refractivity contribution in [2.24, 2.45) is 13.0 Å². The molecule has 0 bridgehead atoms. The average molecular weight is 897 g/mol. The zero-order valence-electron chi connectivity index (χ0n) is 39.1. The summed E-state index contributed by atoms with van der Waals surface area (Å²) in [6.07, 6.45) is 6.96. The van der Waals surface area contributed by atoms with E-state index in [4.69, 9.17) is 33.9 Å². The lowest BCUT2D eigenvalue weighted by molar-refractivity contribution is 0.0232. The lowest BCUT2D eigenvalue weighted by Gasteiger charge is -2.39. The van der Waals surface area contributed by atoms with Gasteiger partial charge in [-0.25, -0.2) is 23.6 Å². The lowest BCUT2D eigenvalue weighted by Crippen LogP contribution is -2.50. The Balaban J connectivity index is 1.41. The Hall–Kier alpha value is -5.53. The van der Waals surface area contributed by atoms with Crippen molar-refractivity contribution in [3.63, 3.8) is 0 Å². The fourth-order valence-electron chi connectivity index (χ4n) is 9.37. The molecule has 342 valence electrons. The van der Waals surface area contributed by atoms with Gasteiger partial charge in [-0.1, -0.05) is 53.5 Å². The number of nitrogens with zero attached hydrogens (tertiary/aromatic N) is 8. The van der Waals surface area contributed by atoms with E-state index in [1.165, 1.54) is 24.4 Å². The molecule has 1 amide bonds. The van der Waals surface area contributed by atoms with Crippen LogP contribution in [0.25, 0.3) is 32.9 Å². The number of aryl methyl sites for hydroxylation is 1. The second-order valence-electron chi connectivity index (χ2n) is 18.9. The molecule has 2 aliphatic heterocycles. The Morgan fingerprint density at radius 1 is 0.953 bits per heavy atom. The first-order chi connectivity index (χ1) is 30.4. The molecule has 2 saturated heterocycles. The number of methoxy groups -OCH3 is 1. The number of fused-ring (bicyclic) bond motifs is 2. The maximum atomic E-state index is 17.9. The number of pyridine rings is 1. The van der Waals surface area contributed by atoms with Gasteiger partial charge < -0.3 is 28.4 Å².